The van der Waals surface area contributed by atoms with Gasteiger partial charge in [0.05, 0.1) is 14.2 Å². The van der Waals surface area contributed by atoms with E-state index < -0.39 is 0 Å². The van der Waals surface area contributed by atoms with Crippen LogP contribution in [0.3, 0.4) is 0 Å². The Morgan fingerprint density at radius 2 is 2.00 bits per heavy atom. The minimum atomic E-state index is -0.304. The molecular formula is C19H19N3O4. The lowest BCUT2D eigenvalue weighted by Gasteiger charge is -2.07. The summed E-state index contributed by atoms with van der Waals surface area (Å²) in [5.74, 6) is 1.65. The molecule has 0 fully saturated rings. The quantitative estimate of drug-likeness (QED) is 0.733. The summed E-state index contributed by atoms with van der Waals surface area (Å²) in [5, 5.41) is 2.82. The lowest BCUT2D eigenvalue weighted by Crippen LogP contribution is -2.23. The Morgan fingerprint density at radius 3 is 2.69 bits per heavy atom. The van der Waals surface area contributed by atoms with Gasteiger partial charge in [-0.2, -0.15) is 0 Å². The van der Waals surface area contributed by atoms with Crippen LogP contribution < -0.4 is 14.8 Å². The molecule has 0 aliphatic rings. The molecule has 0 unspecified atom stereocenters. The molecule has 2 heterocycles. The van der Waals surface area contributed by atoms with Gasteiger partial charge in [0.2, 0.25) is 5.89 Å². The number of carbonyl (C=O) groups excluding carboxylic acids is 1. The second-order valence-corrected chi connectivity index (χ2v) is 5.54. The van der Waals surface area contributed by atoms with Crippen LogP contribution in [0.1, 0.15) is 21.8 Å². The van der Waals surface area contributed by atoms with Gasteiger partial charge in [-0.3, -0.25) is 9.78 Å². The lowest BCUT2D eigenvalue weighted by atomic mass is 10.2. The number of nitrogens with zero attached hydrogens (tertiary/aromatic N) is 2. The van der Waals surface area contributed by atoms with E-state index in [9.17, 15) is 4.79 Å². The van der Waals surface area contributed by atoms with Crippen molar-refractivity contribution in [3.05, 3.63) is 59.7 Å². The second-order valence-electron chi connectivity index (χ2n) is 5.54. The SMILES string of the molecule is COc1ccc(-c2nc(C(=O)NCc3cccnc3)c(C)o2)cc1OC. The Labute approximate surface area is 151 Å². The maximum absolute atomic E-state index is 12.4. The Balaban J connectivity index is 1.79. The molecule has 3 rings (SSSR count). The molecule has 0 radical (unpaired) electrons. The molecule has 134 valence electrons. The highest BCUT2D eigenvalue weighted by molar-refractivity contribution is 5.93. The minimum Gasteiger partial charge on any atom is -0.493 e. The van der Waals surface area contributed by atoms with Crippen molar-refractivity contribution in [2.45, 2.75) is 13.5 Å². The van der Waals surface area contributed by atoms with Crippen LogP contribution in [-0.4, -0.2) is 30.1 Å². The molecule has 0 saturated heterocycles. The van der Waals surface area contributed by atoms with Crippen molar-refractivity contribution in [3.8, 4) is 23.0 Å². The van der Waals surface area contributed by atoms with Crippen LogP contribution >= 0.6 is 0 Å². The van der Waals surface area contributed by atoms with Crippen LogP contribution in [0.2, 0.25) is 0 Å². The Morgan fingerprint density at radius 1 is 1.19 bits per heavy atom. The normalized spacial score (nSPS) is 10.4. The van der Waals surface area contributed by atoms with Gasteiger partial charge in [0, 0.05) is 24.5 Å². The van der Waals surface area contributed by atoms with Crippen LogP contribution in [0.5, 0.6) is 11.5 Å². The van der Waals surface area contributed by atoms with E-state index in [0.717, 1.165) is 5.56 Å². The van der Waals surface area contributed by atoms with E-state index in [2.05, 4.69) is 15.3 Å². The molecule has 0 saturated carbocycles. The number of aromatic nitrogens is 2. The first-order valence-corrected chi connectivity index (χ1v) is 7.99. The monoisotopic (exact) mass is 353 g/mol. The summed E-state index contributed by atoms with van der Waals surface area (Å²) in [5.41, 5.74) is 1.85. The van der Waals surface area contributed by atoms with E-state index in [4.69, 9.17) is 13.9 Å². The van der Waals surface area contributed by atoms with Gasteiger partial charge in [-0.15, -0.1) is 0 Å². The summed E-state index contributed by atoms with van der Waals surface area (Å²) < 4.78 is 16.2. The lowest BCUT2D eigenvalue weighted by molar-refractivity contribution is 0.0945. The Bertz CT molecular complexity index is 906. The van der Waals surface area contributed by atoms with Crippen molar-refractivity contribution >= 4 is 5.91 Å². The summed E-state index contributed by atoms with van der Waals surface area (Å²) in [6.45, 7) is 2.07. The molecule has 0 atom stereocenters. The molecule has 0 aliphatic heterocycles. The Kier molecular flexibility index (Phi) is 5.17. The zero-order valence-corrected chi connectivity index (χ0v) is 14.8. The third kappa shape index (κ3) is 3.66. The number of ether oxygens (including phenoxy) is 2. The Hall–Kier alpha value is -3.35. The molecule has 7 heteroatoms. The van der Waals surface area contributed by atoms with Crippen molar-refractivity contribution in [2.24, 2.45) is 0 Å². The summed E-state index contributed by atoms with van der Waals surface area (Å²) in [7, 11) is 3.12. The van der Waals surface area contributed by atoms with Crippen molar-refractivity contribution < 1.29 is 18.7 Å². The number of hydrogen-bond donors (Lipinski definition) is 1. The first-order valence-electron chi connectivity index (χ1n) is 7.99. The molecule has 1 N–H and O–H groups in total. The molecule has 1 amide bonds. The standard InChI is InChI=1S/C19H19N3O4/c1-12-17(18(23)21-11-13-5-4-8-20-10-13)22-19(26-12)14-6-7-15(24-2)16(9-14)25-3/h4-10H,11H2,1-3H3,(H,21,23). The maximum Gasteiger partial charge on any atom is 0.273 e. The third-order valence-corrected chi connectivity index (χ3v) is 3.82. The number of hydrogen-bond acceptors (Lipinski definition) is 6. The average Bonchev–Trinajstić information content (AvgIpc) is 3.08. The molecule has 0 aliphatic carbocycles. The average molecular weight is 353 g/mol. The van der Waals surface area contributed by atoms with Gasteiger partial charge in [0.1, 0.15) is 5.76 Å². The number of amides is 1. The summed E-state index contributed by atoms with van der Waals surface area (Å²) >= 11 is 0. The van der Waals surface area contributed by atoms with Crippen molar-refractivity contribution in [1.29, 1.82) is 0 Å². The number of nitrogens with one attached hydrogen (secondary N) is 1. The first kappa shape index (κ1) is 17.5. The fourth-order valence-electron chi connectivity index (χ4n) is 2.47. The van der Waals surface area contributed by atoms with Gasteiger partial charge in [0.15, 0.2) is 17.2 Å². The molecule has 2 aromatic heterocycles. The van der Waals surface area contributed by atoms with Crippen molar-refractivity contribution in [1.82, 2.24) is 15.3 Å². The molecule has 3 aromatic rings. The summed E-state index contributed by atoms with van der Waals surface area (Å²) in [4.78, 5) is 20.8. The molecule has 0 spiro atoms. The van der Waals surface area contributed by atoms with Gasteiger partial charge in [-0.25, -0.2) is 4.98 Å². The van der Waals surface area contributed by atoms with Crippen molar-refractivity contribution in [2.75, 3.05) is 14.2 Å². The highest BCUT2D eigenvalue weighted by Crippen LogP contribution is 2.32. The van der Waals surface area contributed by atoms with Crippen LogP contribution in [0.15, 0.2) is 47.1 Å². The first-order chi connectivity index (χ1) is 12.6. The molecule has 1 aromatic carbocycles. The van der Waals surface area contributed by atoms with Gasteiger partial charge in [-0.1, -0.05) is 6.07 Å². The van der Waals surface area contributed by atoms with E-state index >= 15 is 0 Å². The number of rotatable bonds is 6. The van der Waals surface area contributed by atoms with Crippen LogP contribution in [0.4, 0.5) is 0 Å². The number of carbonyl (C=O) groups is 1. The fraction of sp³-hybridized carbons (Fsp3) is 0.211. The van der Waals surface area contributed by atoms with Crippen molar-refractivity contribution in [3.63, 3.8) is 0 Å². The molecule has 7 nitrogen and oxygen atoms in total. The number of pyridine rings is 1. The van der Waals surface area contributed by atoms with Gasteiger partial charge in [-0.05, 0) is 36.8 Å². The number of methoxy groups -OCH3 is 2. The fourth-order valence-corrected chi connectivity index (χ4v) is 2.47. The number of aryl methyl sites for hydroxylation is 1. The largest absolute Gasteiger partial charge is 0.493 e. The predicted octanol–water partition coefficient (Wildman–Crippen LogP) is 2.99. The number of oxazole rings is 1. The number of benzene rings is 1. The van der Waals surface area contributed by atoms with Gasteiger partial charge < -0.3 is 19.2 Å². The van der Waals surface area contributed by atoms with E-state index in [1.165, 1.54) is 0 Å². The molecule has 0 bridgehead atoms. The zero-order chi connectivity index (χ0) is 18.5. The van der Waals surface area contributed by atoms with E-state index in [0.29, 0.717) is 35.3 Å². The van der Waals surface area contributed by atoms with Crippen LogP contribution in [0, 0.1) is 6.92 Å². The van der Waals surface area contributed by atoms with Gasteiger partial charge >= 0.3 is 0 Å². The third-order valence-electron chi connectivity index (χ3n) is 3.82. The zero-order valence-electron chi connectivity index (χ0n) is 14.8. The topological polar surface area (TPSA) is 86.5 Å². The highest BCUT2D eigenvalue weighted by atomic mass is 16.5. The van der Waals surface area contributed by atoms with Crippen LogP contribution in [-0.2, 0) is 6.54 Å². The second kappa shape index (κ2) is 7.69. The van der Waals surface area contributed by atoms with Crippen LogP contribution in [0.25, 0.3) is 11.5 Å². The summed E-state index contributed by atoms with van der Waals surface area (Å²) in [6.07, 6.45) is 3.38. The van der Waals surface area contributed by atoms with E-state index in [1.807, 2.05) is 12.1 Å². The predicted molar refractivity (Wildman–Crippen MR) is 95.2 cm³/mol. The molecule has 26 heavy (non-hydrogen) atoms. The van der Waals surface area contributed by atoms with E-state index in [1.54, 1.807) is 51.7 Å². The molecular weight excluding hydrogens is 334 g/mol. The smallest absolute Gasteiger partial charge is 0.273 e. The highest BCUT2D eigenvalue weighted by Gasteiger charge is 2.19. The minimum absolute atomic E-state index is 0.249. The maximum atomic E-state index is 12.4. The van der Waals surface area contributed by atoms with Gasteiger partial charge in [0.25, 0.3) is 5.91 Å². The van der Waals surface area contributed by atoms with E-state index in [-0.39, 0.29) is 11.6 Å². The summed E-state index contributed by atoms with van der Waals surface area (Å²) in [6, 6.07) is 9.01.